The summed E-state index contributed by atoms with van der Waals surface area (Å²) in [5.74, 6) is 0. The molecule has 0 saturated carbocycles. The van der Waals surface area contributed by atoms with Crippen LogP contribution in [0.1, 0.15) is 36.8 Å². The van der Waals surface area contributed by atoms with Gasteiger partial charge >= 0.3 is 0 Å². The van der Waals surface area contributed by atoms with Crippen molar-refractivity contribution in [3.63, 3.8) is 0 Å². The maximum Gasteiger partial charge on any atom is 0.0230 e. The van der Waals surface area contributed by atoms with E-state index in [9.17, 15) is 0 Å². The SMILES string of the molecule is CN(C)Cc1ccccc1CNC1CC2CCC(C1)N2C. The molecule has 2 fully saturated rings. The molecule has 0 amide bonds. The first-order valence-electron chi connectivity index (χ1n) is 8.30. The smallest absolute Gasteiger partial charge is 0.0230 e. The van der Waals surface area contributed by atoms with Gasteiger partial charge in [-0.15, -0.1) is 0 Å². The monoisotopic (exact) mass is 287 g/mol. The van der Waals surface area contributed by atoms with Crippen molar-refractivity contribution in [2.24, 2.45) is 0 Å². The number of hydrogen-bond acceptors (Lipinski definition) is 3. The number of nitrogens with zero attached hydrogens (tertiary/aromatic N) is 2. The number of benzene rings is 1. The minimum Gasteiger partial charge on any atom is -0.310 e. The number of piperidine rings is 1. The third-order valence-electron chi connectivity index (χ3n) is 5.28. The van der Waals surface area contributed by atoms with Gasteiger partial charge in [0, 0.05) is 31.2 Å². The van der Waals surface area contributed by atoms with Crippen molar-refractivity contribution in [1.29, 1.82) is 0 Å². The van der Waals surface area contributed by atoms with E-state index < -0.39 is 0 Å². The molecule has 0 radical (unpaired) electrons. The van der Waals surface area contributed by atoms with Crippen molar-refractivity contribution in [3.05, 3.63) is 35.4 Å². The molecule has 0 aliphatic carbocycles. The molecule has 2 aliphatic rings. The maximum atomic E-state index is 3.83. The zero-order valence-electron chi connectivity index (χ0n) is 13.7. The highest BCUT2D eigenvalue weighted by molar-refractivity contribution is 5.27. The van der Waals surface area contributed by atoms with Gasteiger partial charge in [-0.05, 0) is 58.0 Å². The molecule has 3 nitrogen and oxygen atoms in total. The van der Waals surface area contributed by atoms with E-state index in [-0.39, 0.29) is 0 Å². The second-order valence-corrected chi connectivity index (χ2v) is 7.11. The maximum absolute atomic E-state index is 3.83. The topological polar surface area (TPSA) is 18.5 Å². The molecule has 1 aromatic carbocycles. The van der Waals surface area contributed by atoms with Crippen LogP contribution in [0.5, 0.6) is 0 Å². The first-order valence-corrected chi connectivity index (χ1v) is 8.30. The molecule has 3 rings (SSSR count). The highest BCUT2D eigenvalue weighted by atomic mass is 15.2. The Kier molecular flexibility index (Phi) is 4.63. The van der Waals surface area contributed by atoms with Crippen LogP contribution in [-0.4, -0.2) is 49.1 Å². The van der Waals surface area contributed by atoms with E-state index in [2.05, 4.69) is 60.5 Å². The lowest BCUT2D eigenvalue weighted by Gasteiger charge is -2.36. The fourth-order valence-corrected chi connectivity index (χ4v) is 4.06. The van der Waals surface area contributed by atoms with Crippen molar-refractivity contribution in [3.8, 4) is 0 Å². The van der Waals surface area contributed by atoms with Crippen LogP contribution >= 0.6 is 0 Å². The van der Waals surface area contributed by atoms with Gasteiger partial charge in [0.25, 0.3) is 0 Å². The predicted octanol–water partition coefficient (Wildman–Crippen LogP) is 2.46. The number of fused-ring (bicyclic) bond motifs is 2. The molecule has 0 spiro atoms. The Bertz CT molecular complexity index is 457. The minimum atomic E-state index is 0.700. The van der Waals surface area contributed by atoms with Crippen LogP contribution in [0.4, 0.5) is 0 Å². The van der Waals surface area contributed by atoms with E-state index in [0.717, 1.165) is 25.2 Å². The zero-order valence-corrected chi connectivity index (χ0v) is 13.7. The average molecular weight is 287 g/mol. The van der Waals surface area contributed by atoms with Gasteiger partial charge in [-0.3, -0.25) is 0 Å². The van der Waals surface area contributed by atoms with Crippen molar-refractivity contribution >= 4 is 0 Å². The van der Waals surface area contributed by atoms with Crippen molar-refractivity contribution in [1.82, 2.24) is 15.1 Å². The van der Waals surface area contributed by atoms with Gasteiger partial charge in [0.2, 0.25) is 0 Å². The van der Waals surface area contributed by atoms with Gasteiger partial charge in [-0.25, -0.2) is 0 Å². The highest BCUT2D eigenvalue weighted by Crippen LogP contribution is 2.34. The van der Waals surface area contributed by atoms with E-state index >= 15 is 0 Å². The Labute approximate surface area is 129 Å². The summed E-state index contributed by atoms with van der Waals surface area (Å²) in [7, 11) is 6.59. The van der Waals surface area contributed by atoms with E-state index in [1.165, 1.54) is 36.8 Å². The summed E-state index contributed by atoms with van der Waals surface area (Å²) >= 11 is 0. The molecular formula is C18H29N3. The third-order valence-corrected chi connectivity index (χ3v) is 5.28. The Hall–Kier alpha value is -0.900. The molecule has 2 atom stereocenters. The molecule has 2 heterocycles. The Balaban J connectivity index is 1.58. The van der Waals surface area contributed by atoms with Crippen LogP contribution in [0.15, 0.2) is 24.3 Å². The van der Waals surface area contributed by atoms with Crippen molar-refractivity contribution in [2.45, 2.75) is 56.9 Å². The third kappa shape index (κ3) is 3.47. The van der Waals surface area contributed by atoms with Crippen LogP contribution < -0.4 is 5.32 Å². The number of rotatable bonds is 5. The van der Waals surface area contributed by atoms with Crippen molar-refractivity contribution in [2.75, 3.05) is 21.1 Å². The summed E-state index contributed by atoms with van der Waals surface area (Å²) in [6.07, 6.45) is 5.44. The molecule has 3 heteroatoms. The number of nitrogens with one attached hydrogen (secondary N) is 1. The summed E-state index contributed by atoms with van der Waals surface area (Å²) in [6, 6.07) is 11.2. The Morgan fingerprint density at radius 1 is 1.10 bits per heavy atom. The van der Waals surface area contributed by atoms with Crippen LogP contribution in [0, 0.1) is 0 Å². The van der Waals surface area contributed by atoms with E-state index in [1.54, 1.807) is 0 Å². The van der Waals surface area contributed by atoms with Crippen LogP contribution in [0.3, 0.4) is 0 Å². The molecule has 21 heavy (non-hydrogen) atoms. The summed E-state index contributed by atoms with van der Waals surface area (Å²) < 4.78 is 0. The van der Waals surface area contributed by atoms with Crippen LogP contribution in [0.2, 0.25) is 0 Å². The van der Waals surface area contributed by atoms with Gasteiger partial charge < -0.3 is 15.1 Å². The molecule has 0 aromatic heterocycles. The summed E-state index contributed by atoms with van der Waals surface area (Å²) in [5.41, 5.74) is 2.91. The van der Waals surface area contributed by atoms with Crippen molar-refractivity contribution < 1.29 is 0 Å². The molecule has 2 bridgehead atoms. The average Bonchev–Trinajstić information content (AvgIpc) is 2.68. The molecule has 2 unspecified atom stereocenters. The molecule has 1 N–H and O–H groups in total. The van der Waals surface area contributed by atoms with Gasteiger partial charge in [-0.1, -0.05) is 24.3 Å². The lowest BCUT2D eigenvalue weighted by Crippen LogP contribution is -2.47. The summed E-state index contributed by atoms with van der Waals surface area (Å²) in [4.78, 5) is 4.85. The van der Waals surface area contributed by atoms with Crippen LogP contribution in [0.25, 0.3) is 0 Å². The van der Waals surface area contributed by atoms with Gasteiger partial charge in [-0.2, -0.15) is 0 Å². The molecule has 2 aliphatic heterocycles. The van der Waals surface area contributed by atoms with E-state index in [1.807, 2.05) is 0 Å². The number of hydrogen-bond donors (Lipinski definition) is 1. The second kappa shape index (κ2) is 6.47. The molecular weight excluding hydrogens is 258 g/mol. The quantitative estimate of drug-likeness (QED) is 0.897. The largest absolute Gasteiger partial charge is 0.310 e. The van der Waals surface area contributed by atoms with E-state index in [0.29, 0.717) is 6.04 Å². The van der Waals surface area contributed by atoms with E-state index in [4.69, 9.17) is 0 Å². The first-order chi connectivity index (χ1) is 10.1. The van der Waals surface area contributed by atoms with Crippen LogP contribution in [-0.2, 0) is 13.1 Å². The fraction of sp³-hybridized carbons (Fsp3) is 0.667. The first kappa shape index (κ1) is 15.0. The molecule has 1 aromatic rings. The highest BCUT2D eigenvalue weighted by Gasteiger charge is 2.38. The van der Waals surface area contributed by atoms with Gasteiger partial charge in [0.1, 0.15) is 0 Å². The zero-order chi connectivity index (χ0) is 14.8. The summed E-state index contributed by atoms with van der Waals surface area (Å²) in [6.45, 7) is 2.04. The lowest BCUT2D eigenvalue weighted by atomic mass is 9.97. The standard InChI is InChI=1S/C18H29N3/c1-20(2)13-15-7-5-4-6-14(15)12-19-16-10-17-8-9-18(11-16)21(17)3/h4-7,16-19H,8-13H2,1-3H3. The second-order valence-electron chi connectivity index (χ2n) is 7.11. The predicted molar refractivity (Wildman–Crippen MR) is 88.3 cm³/mol. The van der Waals surface area contributed by atoms with Gasteiger partial charge in [0.05, 0.1) is 0 Å². The minimum absolute atomic E-state index is 0.700. The molecule has 116 valence electrons. The normalized spacial score (nSPS) is 29.2. The summed E-state index contributed by atoms with van der Waals surface area (Å²) in [5, 5.41) is 3.83. The Morgan fingerprint density at radius 2 is 1.71 bits per heavy atom. The lowest BCUT2D eigenvalue weighted by molar-refractivity contribution is 0.148. The van der Waals surface area contributed by atoms with Gasteiger partial charge in [0.15, 0.2) is 0 Å². The molecule has 2 saturated heterocycles. The fourth-order valence-electron chi connectivity index (χ4n) is 4.06. The Morgan fingerprint density at radius 3 is 2.33 bits per heavy atom.